The molecule has 0 spiro atoms. The number of rotatable bonds is 4. The van der Waals surface area contributed by atoms with Gasteiger partial charge >= 0.3 is 0 Å². The van der Waals surface area contributed by atoms with Crippen LogP contribution in [-0.4, -0.2) is 22.2 Å². The molecule has 2 aromatic rings. The minimum absolute atomic E-state index is 0.108. The number of fused-ring (bicyclic) bond motifs is 1. The van der Waals surface area contributed by atoms with Crippen molar-refractivity contribution < 1.29 is 5.11 Å². The zero-order valence-electron chi connectivity index (χ0n) is 12.7. The molecule has 1 heterocycles. The number of para-hydroxylation sites is 1. The Kier molecular flexibility index (Phi) is 4.22. The lowest BCUT2D eigenvalue weighted by Gasteiger charge is -2.39. The van der Waals surface area contributed by atoms with Gasteiger partial charge in [-0.3, -0.25) is 4.98 Å². The van der Waals surface area contributed by atoms with Crippen LogP contribution in [0.15, 0.2) is 36.5 Å². The maximum Gasteiger partial charge on any atom is 0.0746 e. The van der Waals surface area contributed by atoms with Gasteiger partial charge in [-0.2, -0.15) is 0 Å². The summed E-state index contributed by atoms with van der Waals surface area (Å²) in [7, 11) is 0. The lowest BCUT2D eigenvalue weighted by molar-refractivity contribution is 0.104. The van der Waals surface area contributed by atoms with E-state index in [0.717, 1.165) is 30.8 Å². The van der Waals surface area contributed by atoms with E-state index in [1.807, 2.05) is 12.3 Å². The lowest BCUT2D eigenvalue weighted by atomic mass is 9.77. The average molecular weight is 284 g/mol. The summed E-state index contributed by atoms with van der Waals surface area (Å²) in [5, 5.41) is 14.6. The van der Waals surface area contributed by atoms with E-state index in [9.17, 15) is 5.11 Å². The summed E-state index contributed by atoms with van der Waals surface area (Å²) >= 11 is 0. The van der Waals surface area contributed by atoms with Crippen LogP contribution in [0.1, 0.15) is 38.2 Å². The Morgan fingerprint density at radius 1 is 1.24 bits per heavy atom. The van der Waals surface area contributed by atoms with Gasteiger partial charge in [-0.1, -0.05) is 31.2 Å². The smallest absolute Gasteiger partial charge is 0.0746 e. The van der Waals surface area contributed by atoms with Crippen LogP contribution >= 0.6 is 0 Å². The lowest BCUT2D eigenvalue weighted by Crippen LogP contribution is -2.50. The molecular weight excluding hydrogens is 260 g/mol. The van der Waals surface area contributed by atoms with Crippen LogP contribution in [-0.2, 0) is 6.54 Å². The van der Waals surface area contributed by atoms with Gasteiger partial charge in [-0.15, -0.1) is 0 Å². The maximum absolute atomic E-state index is 9.84. The summed E-state index contributed by atoms with van der Waals surface area (Å²) in [4.78, 5) is 4.50. The number of aliphatic hydroxyl groups is 1. The monoisotopic (exact) mass is 284 g/mol. The first-order valence-electron chi connectivity index (χ1n) is 7.91. The number of hydrogen-bond acceptors (Lipinski definition) is 3. The van der Waals surface area contributed by atoms with Crippen molar-refractivity contribution in [3.8, 4) is 0 Å². The molecule has 1 saturated carbocycles. The van der Waals surface area contributed by atoms with E-state index < -0.39 is 0 Å². The largest absolute Gasteiger partial charge is 0.394 e. The molecule has 3 heteroatoms. The number of aliphatic hydroxyl groups excluding tert-OH is 1. The molecule has 1 fully saturated rings. The Morgan fingerprint density at radius 2 is 2.00 bits per heavy atom. The molecule has 3 rings (SSSR count). The van der Waals surface area contributed by atoms with Crippen LogP contribution in [0.4, 0.5) is 0 Å². The van der Waals surface area contributed by atoms with Gasteiger partial charge in [-0.05, 0) is 43.2 Å². The van der Waals surface area contributed by atoms with Crippen LogP contribution < -0.4 is 5.32 Å². The SMILES string of the molecule is CC1CCC(CO)(NCc2cccc3cccnc23)CC1. The van der Waals surface area contributed by atoms with Crippen molar-refractivity contribution in [3.63, 3.8) is 0 Å². The van der Waals surface area contributed by atoms with Gasteiger partial charge in [0, 0.05) is 23.7 Å². The summed E-state index contributed by atoms with van der Waals surface area (Å²) in [6, 6.07) is 10.4. The fraction of sp³-hybridized carbons (Fsp3) is 0.500. The van der Waals surface area contributed by atoms with Crippen molar-refractivity contribution in [3.05, 3.63) is 42.1 Å². The molecule has 3 nitrogen and oxygen atoms in total. The van der Waals surface area contributed by atoms with Crippen LogP contribution in [0.25, 0.3) is 10.9 Å². The quantitative estimate of drug-likeness (QED) is 0.905. The third-order valence-electron chi connectivity index (χ3n) is 4.90. The van der Waals surface area contributed by atoms with Crippen molar-refractivity contribution in [1.82, 2.24) is 10.3 Å². The second kappa shape index (κ2) is 6.12. The third kappa shape index (κ3) is 3.09. The molecule has 0 bridgehead atoms. The minimum atomic E-state index is -0.108. The number of nitrogens with one attached hydrogen (secondary N) is 1. The van der Waals surface area contributed by atoms with Gasteiger partial charge < -0.3 is 10.4 Å². The van der Waals surface area contributed by atoms with Crippen molar-refractivity contribution in [2.45, 2.75) is 44.7 Å². The van der Waals surface area contributed by atoms with Crippen molar-refractivity contribution in [2.75, 3.05) is 6.61 Å². The highest BCUT2D eigenvalue weighted by Crippen LogP contribution is 2.32. The highest BCUT2D eigenvalue weighted by atomic mass is 16.3. The standard InChI is InChI=1S/C18H24N2O/c1-14-7-9-18(13-21,10-8-14)20-12-16-5-2-4-15-6-3-11-19-17(15)16/h2-6,11,14,20-21H,7-10,12-13H2,1H3. The third-order valence-corrected chi connectivity index (χ3v) is 4.90. The Morgan fingerprint density at radius 3 is 2.76 bits per heavy atom. The molecule has 1 aromatic carbocycles. The summed E-state index contributed by atoms with van der Waals surface area (Å²) in [6.45, 7) is 3.29. The number of hydrogen-bond donors (Lipinski definition) is 2. The molecular formula is C18H24N2O. The molecule has 2 N–H and O–H groups in total. The summed E-state index contributed by atoms with van der Waals surface area (Å²) in [6.07, 6.45) is 6.35. The predicted molar refractivity (Wildman–Crippen MR) is 86.0 cm³/mol. The number of pyridine rings is 1. The van der Waals surface area contributed by atoms with Crippen LogP contribution in [0.5, 0.6) is 0 Å². The van der Waals surface area contributed by atoms with Gasteiger partial charge in [0.2, 0.25) is 0 Å². The van der Waals surface area contributed by atoms with Crippen molar-refractivity contribution in [2.24, 2.45) is 5.92 Å². The van der Waals surface area contributed by atoms with E-state index in [4.69, 9.17) is 0 Å². The highest BCUT2D eigenvalue weighted by molar-refractivity contribution is 5.81. The zero-order chi connectivity index (χ0) is 14.7. The molecule has 0 aliphatic heterocycles. The van der Waals surface area contributed by atoms with E-state index in [1.165, 1.54) is 23.8 Å². The van der Waals surface area contributed by atoms with Gasteiger partial charge in [0.05, 0.1) is 12.1 Å². The number of aromatic nitrogens is 1. The van der Waals surface area contributed by atoms with E-state index in [-0.39, 0.29) is 12.1 Å². The summed E-state index contributed by atoms with van der Waals surface area (Å²) in [5.41, 5.74) is 2.16. The van der Waals surface area contributed by atoms with E-state index in [0.29, 0.717) is 0 Å². The molecule has 0 unspecified atom stereocenters. The second-order valence-electron chi connectivity index (χ2n) is 6.47. The second-order valence-corrected chi connectivity index (χ2v) is 6.47. The van der Waals surface area contributed by atoms with Crippen LogP contribution in [0.2, 0.25) is 0 Å². The van der Waals surface area contributed by atoms with Gasteiger partial charge in [-0.25, -0.2) is 0 Å². The molecule has 1 aromatic heterocycles. The van der Waals surface area contributed by atoms with Crippen LogP contribution in [0, 0.1) is 5.92 Å². The highest BCUT2D eigenvalue weighted by Gasteiger charge is 2.33. The molecule has 1 aliphatic rings. The first-order valence-corrected chi connectivity index (χ1v) is 7.91. The summed E-state index contributed by atoms with van der Waals surface area (Å²) in [5.74, 6) is 0.783. The predicted octanol–water partition coefficient (Wildman–Crippen LogP) is 3.27. The molecule has 21 heavy (non-hydrogen) atoms. The van der Waals surface area contributed by atoms with Crippen molar-refractivity contribution in [1.29, 1.82) is 0 Å². The molecule has 0 radical (unpaired) electrons. The first-order chi connectivity index (χ1) is 10.2. The Balaban J connectivity index is 1.76. The summed E-state index contributed by atoms with van der Waals surface area (Å²) < 4.78 is 0. The molecule has 0 saturated heterocycles. The normalized spacial score (nSPS) is 26.1. The van der Waals surface area contributed by atoms with Crippen LogP contribution in [0.3, 0.4) is 0 Å². The molecule has 112 valence electrons. The fourth-order valence-electron chi connectivity index (χ4n) is 3.30. The van der Waals surface area contributed by atoms with E-state index >= 15 is 0 Å². The number of benzene rings is 1. The van der Waals surface area contributed by atoms with Gasteiger partial charge in [0.1, 0.15) is 0 Å². The van der Waals surface area contributed by atoms with Crippen molar-refractivity contribution >= 4 is 10.9 Å². The van der Waals surface area contributed by atoms with Gasteiger partial charge in [0.25, 0.3) is 0 Å². The topological polar surface area (TPSA) is 45.1 Å². The number of nitrogens with zero attached hydrogens (tertiary/aromatic N) is 1. The van der Waals surface area contributed by atoms with E-state index in [2.05, 4.69) is 41.5 Å². The van der Waals surface area contributed by atoms with E-state index in [1.54, 1.807) is 0 Å². The Bertz CT molecular complexity index is 598. The molecule has 0 atom stereocenters. The minimum Gasteiger partial charge on any atom is -0.394 e. The first kappa shape index (κ1) is 14.5. The Labute approximate surface area is 126 Å². The Hall–Kier alpha value is -1.45. The zero-order valence-corrected chi connectivity index (χ0v) is 12.7. The van der Waals surface area contributed by atoms with Gasteiger partial charge in [0.15, 0.2) is 0 Å². The maximum atomic E-state index is 9.84. The molecule has 0 amide bonds. The average Bonchev–Trinajstić information content (AvgIpc) is 2.55. The molecule has 1 aliphatic carbocycles. The fourth-order valence-corrected chi connectivity index (χ4v) is 3.30.